The van der Waals surface area contributed by atoms with Gasteiger partial charge in [0, 0.05) is 23.4 Å². The quantitative estimate of drug-likeness (QED) is 0.288. The highest BCUT2D eigenvalue weighted by Crippen LogP contribution is 2.33. The molecule has 31 heavy (non-hydrogen) atoms. The van der Waals surface area contributed by atoms with E-state index in [4.69, 9.17) is 0 Å². The van der Waals surface area contributed by atoms with E-state index in [2.05, 4.69) is 31.5 Å². The molecule has 1 fully saturated rings. The van der Waals surface area contributed by atoms with Crippen LogP contribution in [0.2, 0.25) is 0 Å². The van der Waals surface area contributed by atoms with Crippen LogP contribution < -0.4 is 5.32 Å². The molecule has 3 aromatic rings. The number of anilines is 1. The molecular weight excluding hydrogens is 434 g/mol. The van der Waals surface area contributed by atoms with Crippen molar-refractivity contribution in [2.75, 3.05) is 11.1 Å². The Balaban J connectivity index is 1.48. The first-order chi connectivity index (χ1) is 15.1. The van der Waals surface area contributed by atoms with Gasteiger partial charge in [-0.3, -0.25) is 14.9 Å². The third-order valence-corrected chi connectivity index (χ3v) is 7.11. The number of amides is 1. The zero-order chi connectivity index (χ0) is 21.6. The molecule has 162 valence electrons. The molecule has 10 heteroatoms. The fourth-order valence-corrected chi connectivity index (χ4v) is 5.38. The number of thioether (sulfide) groups is 1. The van der Waals surface area contributed by atoms with Crippen molar-refractivity contribution in [3.63, 3.8) is 0 Å². The predicted octanol–water partition coefficient (Wildman–Crippen LogP) is 5.07. The molecule has 8 nitrogen and oxygen atoms in total. The van der Waals surface area contributed by atoms with E-state index >= 15 is 0 Å². The summed E-state index contributed by atoms with van der Waals surface area (Å²) in [5, 5.41) is 25.4. The van der Waals surface area contributed by atoms with Crippen LogP contribution in [0.3, 0.4) is 0 Å². The van der Waals surface area contributed by atoms with Crippen molar-refractivity contribution in [3.05, 3.63) is 62.6 Å². The molecule has 0 radical (unpaired) electrons. The Hall–Kier alpha value is -2.72. The van der Waals surface area contributed by atoms with Gasteiger partial charge in [-0.1, -0.05) is 49.2 Å². The normalized spacial score (nSPS) is 14.5. The molecule has 1 aliphatic rings. The number of thiophene rings is 1. The van der Waals surface area contributed by atoms with E-state index in [-0.39, 0.29) is 23.0 Å². The average molecular weight is 458 g/mol. The summed E-state index contributed by atoms with van der Waals surface area (Å²) in [6.07, 6.45) is 6.52. The summed E-state index contributed by atoms with van der Waals surface area (Å²) in [4.78, 5) is 24.4. The Morgan fingerprint density at radius 3 is 2.74 bits per heavy atom. The van der Waals surface area contributed by atoms with E-state index in [1.165, 1.54) is 48.0 Å². The number of nitro benzene ring substituents is 1. The number of carbonyl (C=O) groups is 1. The van der Waals surface area contributed by atoms with E-state index in [0.717, 1.165) is 30.2 Å². The van der Waals surface area contributed by atoms with Gasteiger partial charge in [0.2, 0.25) is 5.91 Å². The van der Waals surface area contributed by atoms with Crippen molar-refractivity contribution in [2.45, 2.75) is 49.7 Å². The molecule has 0 bridgehead atoms. The van der Waals surface area contributed by atoms with Gasteiger partial charge in [-0.25, -0.2) is 0 Å². The maximum absolute atomic E-state index is 12.5. The first kappa shape index (κ1) is 21.5. The molecule has 2 heterocycles. The van der Waals surface area contributed by atoms with Crippen LogP contribution in [0.1, 0.15) is 48.8 Å². The number of hydrogen-bond acceptors (Lipinski definition) is 7. The van der Waals surface area contributed by atoms with Gasteiger partial charge in [0.05, 0.1) is 10.7 Å². The Morgan fingerprint density at radius 2 is 2.00 bits per heavy atom. The second kappa shape index (κ2) is 10.1. The number of hydrogen-bond donors (Lipinski definition) is 1. The molecule has 4 rings (SSSR count). The monoisotopic (exact) mass is 457 g/mol. The largest absolute Gasteiger partial charge is 0.320 e. The second-order valence-corrected chi connectivity index (χ2v) is 9.40. The number of nitro groups is 1. The van der Waals surface area contributed by atoms with Crippen molar-refractivity contribution in [3.8, 4) is 0 Å². The Labute approximate surface area is 188 Å². The minimum Gasteiger partial charge on any atom is -0.320 e. The number of benzene rings is 1. The van der Waals surface area contributed by atoms with Crippen LogP contribution in [0.15, 0.2) is 46.9 Å². The lowest BCUT2D eigenvalue weighted by atomic mass is 9.95. The fraction of sp³-hybridized carbons (Fsp3) is 0.381. The lowest BCUT2D eigenvalue weighted by Crippen LogP contribution is -2.18. The maximum atomic E-state index is 12.5. The van der Waals surface area contributed by atoms with Gasteiger partial charge >= 0.3 is 0 Å². The Kier molecular flexibility index (Phi) is 6.98. The highest BCUT2D eigenvalue weighted by atomic mass is 32.2. The zero-order valence-electron chi connectivity index (χ0n) is 16.9. The van der Waals surface area contributed by atoms with Crippen LogP contribution in [0.25, 0.3) is 0 Å². The highest BCUT2D eigenvalue weighted by molar-refractivity contribution is 7.99. The van der Waals surface area contributed by atoms with Crippen molar-refractivity contribution in [2.24, 2.45) is 0 Å². The molecule has 1 N–H and O–H groups in total. The van der Waals surface area contributed by atoms with Crippen molar-refractivity contribution < 1.29 is 9.72 Å². The summed E-state index contributed by atoms with van der Waals surface area (Å²) in [6, 6.07) is 10.6. The predicted molar refractivity (Wildman–Crippen MR) is 122 cm³/mol. The van der Waals surface area contributed by atoms with Crippen LogP contribution in [0, 0.1) is 10.1 Å². The van der Waals surface area contributed by atoms with Crippen molar-refractivity contribution >= 4 is 40.4 Å². The number of aromatic nitrogens is 3. The van der Waals surface area contributed by atoms with Crippen molar-refractivity contribution in [1.29, 1.82) is 0 Å². The lowest BCUT2D eigenvalue weighted by molar-refractivity contribution is -0.383. The molecule has 2 aromatic heterocycles. The van der Waals surface area contributed by atoms with E-state index in [1.54, 1.807) is 23.5 Å². The van der Waals surface area contributed by atoms with Crippen LogP contribution >= 0.6 is 23.1 Å². The third-order valence-electron chi connectivity index (χ3n) is 5.29. The lowest BCUT2D eigenvalue weighted by Gasteiger charge is -2.25. The summed E-state index contributed by atoms with van der Waals surface area (Å²) in [6.45, 7) is 0. The summed E-state index contributed by atoms with van der Waals surface area (Å²) in [5.41, 5.74) is 0.0784. The summed E-state index contributed by atoms with van der Waals surface area (Å²) < 4.78 is 2.21. The molecule has 1 saturated carbocycles. The number of nitrogens with one attached hydrogen (secondary N) is 1. The SMILES string of the molecule is O=C(CSc1nnc(Cc2cccs2)n1C1CCCCC1)Nc1ccccc1[N+](=O)[O-]. The molecule has 0 aliphatic heterocycles. The van der Waals surface area contributed by atoms with Crippen LogP contribution in [-0.4, -0.2) is 31.3 Å². The molecule has 0 unspecified atom stereocenters. The number of carbonyl (C=O) groups excluding carboxylic acids is 1. The maximum Gasteiger partial charge on any atom is 0.292 e. The minimum absolute atomic E-state index is 0.107. The number of nitrogens with zero attached hydrogens (tertiary/aromatic N) is 4. The second-order valence-electron chi connectivity index (χ2n) is 7.43. The van der Waals surface area contributed by atoms with Gasteiger partial charge < -0.3 is 9.88 Å². The Bertz CT molecular complexity index is 1050. The minimum atomic E-state index is -0.501. The third kappa shape index (κ3) is 5.31. The van der Waals surface area contributed by atoms with E-state index in [0.29, 0.717) is 6.04 Å². The van der Waals surface area contributed by atoms with Crippen LogP contribution in [0.4, 0.5) is 11.4 Å². The van der Waals surface area contributed by atoms with Crippen molar-refractivity contribution in [1.82, 2.24) is 14.8 Å². The summed E-state index contributed by atoms with van der Waals surface area (Å²) in [5.74, 6) is 0.726. The molecular formula is C21H23N5O3S2. The molecule has 1 aromatic carbocycles. The van der Waals surface area contributed by atoms with Gasteiger partial charge in [-0.05, 0) is 30.4 Å². The summed E-state index contributed by atoms with van der Waals surface area (Å²) in [7, 11) is 0. The zero-order valence-corrected chi connectivity index (χ0v) is 18.5. The highest BCUT2D eigenvalue weighted by Gasteiger charge is 2.24. The van der Waals surface area contributed by atoms with Gasteiger partial charge in [0.25, 0.3) is 5.69 Å². The average Bonchev–Trinajstić information content (AvgIpc) is 3.43. The van der Waals surface area contributed by atoms with Gasteiger partial charge in [0.15, 0.2) is 5.16 Å². The molecule has 0 saturated heterocycles. The van der Waals surface area contributed by atoms with Crippen LogP contribution in [-0.2, 0) is 11.2 Å². The topological polar surface area (TPSA) is 103 Å². The first-order valence-corrected chi connectivity index (χ1v) is 12.1. The Morgan fingerprint density at radius 1 is 1.19 bits per heavy atom. The molecule has 0 spiro atoms. The smallest absolute Gasteiger partial charge is 0.292 e. The van der Waals surface area contributed by atoms with Crippen LogP contribution in [0.5, 0.6) is 0 Å². The van der Waals surface area contributed by atoms with Gasteiger partial charge in [-0.2, -0.15) is 0 Å². The molecule has 1 aliphatic carbocycles. The van der Waals surface area contributed by atoms with Gasteiger partial charge in [0.1, 0.15) is 11.5 Å². The standard InChI is InChI=1S/C21H23N5O3S2/c27-20(22-17-10-4-5-11-18(17)26(28)29)14-31-21-24-23-19(13-16-9-6-12-30-16)25(21)15-7-2-1-3-8-15/h4-6,9-12,15H,1-3,7-8,13-14H2,(H,22,27). The van der Waals surface area contributed by atoms with Gasteiger partial charge in [-0.15, -0.1) is 21.5 Å². The van der Waals surface area contributed by atoms with E-state index < -0.39 is 4.92 Å². The number of para-hydroxylation sites is 2. The first-order valence-electron chi connectivity index (χ1n) is 10.2. The fourth-order valence-electron chi connectivity index (χ4n) is 3.86. The van der Waals surface area contributed by atoms with E-state index in [1.807, 2.05) is 6.07 Å². The summed E-state index contributed by atoms with van der Waals surface area (Å²) >= 11 is 3.03. The number of rotatable bonds is 8. The molecule has 1 amide bonds. The molecule has 0 atom stereocenters. The van der Waals surface area contributed by atoms with E-state index in [9.17, 15) is 14.9 Å².